The molecule has 168 valence electrons. The third-order valence-electron chi connectivity index (χ3n) is 4.12. The number of nitro groups is 1. The molecule has 1 aliphatic heterocycles. The summed E-state index contributed by atoms with van der Waals surface area (Å²) >= 11 is 0. The molecule has 0 aromatic heterocycles. The maximum atomic E-state index is 10.0. The van der Waals surface area contributed by atoms with Crippen molar-refractivity contribution in [1.29, 1.82) is 5.26 Å². The largest absolute Gasteiger partial charge is 0.321 e. The molecule has 1 aromatic rings. The van der Waals surface area contributed by atoms with Crippen LogP contribution in [0.25, 0.3) is 0 Å². The molecule has 1 aromatic carbocycles. The second-order valence-electron chi connectivity index (χ2n) is 7.70. The molecule has 0 bridgehead atoms. The third kappa shape index (κ3) is 9.09. The van der Waals surface area contributed by atoms with Crippen molar-refractivity contribution in [3.05, 3.63) is 40.4 Å². The van der Waals surface area contributed by atoms with Crippen LogP contribution in [0.4, 0.5) is 5.69 Å². The standard InChI is InChI=1S/C14H27N2O2PS2.C6H5NO2/c1-11(2)16(12(3)4)19(17-9-7-8-15)18-13-10-20-21-14(13,5)6;8-7(9)6-4-2-1-3-5-6/h11-13H,7,9-10H2,1-6H3;1-5H. The monoisotopic (exact) mass is 473 g/mol. The first kappa shape index (κ1) is 27.2. The highest BCUT2D eigenvalue weighted by atomic mass is 33.1. The minimum Gasteiger partial charge on any atom is -0.321 e. The van der Waals surface area contributed by atoms with Crippen LogP contribution in [0, 0.1) is 21.4 Å². The molecule has 1 heterocycles. The van der Waals surface area contributed by atoms with Gasteiger partial charge in [-0.3, -0.25) is 10.1 Å². The lowest BCUT2D eigenvalue weighted by Crippen LogP contribution is -2.38. The van der Waals surface area contributed by atoms with Gasteiger partial charge in [0.05, 0.1) is 30.1 Å². The number of nitriles is 1. The van der Waals surface area contributed by atoms with Crippen molar-refractivity contribution in [2.24, 2.45) is 0 Å². The number of hydrogen-bond acceptors (Lipinski definition) is 8. The Morgan fingerprint density at radius 3 is 2.30 bits per heavy atom. The van der Waals surface area contributed by atoms with E-state index >= 15 is 0 Å². The Morgan fingerprint density at radius 1 is 1.30 bits per heavy atom. The SMILES string of the molecule is CC(C)N(C(C)C)P(OCCC#N)OC1CSSC1(C)C.O=[N+]([O-])c1ccccc1. The van der Waals surface area contributed by atoms with Crippen LogP contribution in [-0.2, 0) is 9.05 Å². The Hall–Kier alpha value is -0.880. The first-order valence-electron chi connectivity index (χ1n) is 9.85. The zero-order valence-electron chi connectivity index (χ0n) is 18.5. The highest BCUT2D eigenvalue weighted by Gasteiger charge is 2.41. The van der Waals surface area contributed by atoms with Crippen molar-refractivity contribution in [3.63, 3.8) is 0 Å². The molecule has 0 spiro atoms. The Kier molecular flexibility index (Phi) is 12.2. The molecule has 2 rings (SSSR count). The molecule has 0 aliphatic carbocycles. The van der Waals surface area contributed by atoms with Crippen molar-refractivity contribution in [2.45, 2.75) is 70.9 Å². The lowest BCUT2D eigenvalue weighted by Gasteiger charge is -2.38. The lowest BCUT2D eigenvalue weighted by atomic mass is 10.1. The van der Waals surface area contributed by atoms with E-state index in [2.05, 4.69) is 52.3 Å². The lowest BCUT2D eigenvalue weighted by molar-refractivity contribution is -0.384. The van der Waals surface area contributed by atoms with E-state index in [9.17, 15) is 10.1 Å². The molecule has 1 fully saturated rings. The number of benzene rings is 1. The van der Waals surface area contributed by atoms with Crippen LogP contribution in [0.15, 0.2) is 30.3 Å². The number of non-ortho nitro benzene ring substituents is 1. The van der Waals surface area contributed by atoms with Gasteiger partial charge in [0, 0.05) is 34.7 Å². The van der Waals surface area contributed by atoms with Crippen molar-refractivity contribution < 1.29 is 14.0 Å². The van der Waals surface area contributed by atoms with Gasteiger partial charge in [-0.25, -0.2) is 4.67 Å². The first-order chi connectivity index (χ1) is 14.1. The third-order valence-corrected chi connectivity index (χ3v) is 9.55. The van der Waals surface area contributed by atoms with E-state index in [4.69, 9.17) is 14.3 Å². The summed E-state index contributed by atoms with van der Waals surface area (Å²) in [4.78, 5) is 9.59. The van der Waals surface area contributed by atoms with E-state index in [1.54, 1.807) is 18.2 Å². The van der Waals surface area contributed by atoms with Gasteiger partial charge < -0.3 is 9.05 Å². The highest BCUT2D eigenvalue weighted by Crippen LogP contribution is 2.55. The summed E-state index contributed by atoms with van der Waals surface area (Å²) in [5.74, 6) is 0.988. The van der Waals surface area contributed by atoms with E-state index in [-0.39, 0.29) is 16.5 Å². The molecule has 1 aliphatic rings. The number of hydrogen-bond donors (Lipinski definition) is 0. The van der Waals surface area contributed by atoms with Gasteiger partial charge in [-0.2, -0.15) is 5.26 Å². The predicted octanol–water partition coefficient (Wildman–Crippen LogP) is 6.42. The molecule has 10 heteroatoms. The van der Waals surface area contributed by atoms with Gasteiger partial charge in [0.25, 0.3) is 14.2 Å². The summed E-state index contributed by atoms with van der Waals surface area (Å²) in [5.41, 5.74) is 0.137. The molecular formula is C20H32N3O4PS2. The number of nitrogens with zero attached hydrogens (tertiary/aromatic N) is 3. The second-order valence-corrected chi connectivity index (χ2v) is 12.1. The summed E-state index contributed by atoms with van der Waals surface area (Å²) in [6, 6.07) is 10.8. The number of rotatable bonds is 9. The topological polar surface area (TPSA) is 88.6 Å². The second kappa shape index (κ2) is 13.5. The molecule has 1 saturated heterocycles. The molecule has 2 atom stereocenters. The normalized spacial score (nSPS) is 18.7. The van der Waals surface area contributed by atoms with Crippen LogP contribution in [0.3, 0.4) is 0 Å². The van der Waals surface area contributed by atoms with Gasteiger partial charge in [-0.1, -0.05) is 39.8 Å². The van der Waals surface area contributed by atoms with Gasteiger partial charge in [-0.15, -0.1) is 0 Å². The van der Waals surface area contributed by atoms with Crippen LogP contribution >= 0.6 is 30.1 Å². The molecule has 30 heavy (non-hydrogen) atoms. The minimum absolute atomic E-state index is 0.101. The summed E-state index contributed by atoms with van der Waals surface area (Å²) in [5, 5.41) is 18.7. The van der Waals surface area contributed by atoms with E-state index in [0.29, 0.717) is 25.1 Å². The molecular weight excluding hydrogens is 441 g/mol. The molecule has 0 saturated carbocycles. The fraction of sp³-hybridized carbons (Fsp3) is 0.650. The predicted molar refractivity (Wildman–Crippen MR) is 127 cm³/mol. The van der Waals surface area contributed by atoms with Crippen LogP contribution in [-0.4, -0.2) is 44.9 Å². The summed E-state index contributed by atoms with van der Waals surface area (Å²) in [6.07, 6.45) is 0.588. The van der Waals surface area contributed by atoms with E-state index in [1.165, 1.54) is 12.1 Å². The maximum absolute atomic E-state index is 10.0. The first-order valence-corrected chi connectivity index (χ1v) is 13.3. The van der Waals surface area contributed by atoms with Crippen LogP contribution in [0.5, 0.6) is 0 Å². The van der Waals surface area contributed by atoms with Crippen LogP contribution in [0.1, 0.15) is 48.0 Å². The van der Waals surface area contributed by atoms with Crippen LogP contribution < -0.4 is 0 Å². The van der Waals surface area contributed by atoms with Gasteiger partial charge in [0.1, 0.15) is 0 Å². The summed E-state index contributed by atoms with van der Waals surface area (Å²) in [7, 11) is 2.62. The van der Waals surface area contributed by atoms with E-state index in [0.717, 1.165) is 5.75 Å². The average Bonchev–Trinajstić information content (AvgIpc) is 3.00. The van der Waals surface area contributed by atoms with Gasteiger partial charge >= 0.3 is 0 Å². The Morgan fingerprint density at radius 2 is 1.90 bits per heavy atom. The van der Waals surface area contributed by atoms with Crippen molar-refractivity contribution in [2.75, 3.05) is 12.4 Å². The fourth-order valence-electron chi connectivity index (χ4n) is 2.61. The molecule has 0 amide bonds. The van der Waals surface area contributed by atoms with E-state index < -0.39 is 13.4 Å². The zero-order valence-corrected chi connectivity index (χ0v) is 21.0. The highest BCUT2D eigenvalue weighted by molar-refractivity contribution is 8.77. The van der Waals surface area contributed by atoms with Crippen molar-refractivity contribution in [3.8, 4) is 6.07 Å². The Labute approximate surface area is 189 Å². The minimum atomic E-state index is -1.13. The van der Waals surface area contributed by atoms with Crippen molar-refractivity contribution >= 4 is 35.8 Å². The van der Waals surface area contributed by atoms with E-state index in [1.807, 2.05) is 21.6 Å². The smallest absolute Gasteiger partial charge is 0.269 e. The van der Waals surface area contributed by atoms with Gasteiger partial charge in [0.15, 0.2) is 0 Å². The van der Waals surface area contributed by atoms with Gasteiger partial charge in [-0.05, 0) is 41.5 Å². The van der Waals surface area contributed by atoms with Crippen molar-refractivity contribution in [1.82, 2.24) is 4.67 Å². The number of para-hydroxylation sites is 1. The zero-order chi connectivity index (χ0) is 22.7. The Bertz CT molecular complexity index is 678. The summed E-state index contributed by atoms with van der Waals surface area (Å²) in [6.45, 7) is 13.5. The maximum Gasteiger partial charge on any atom is 0.269 e. The van der Waals surface area contributed by atoms with Gasteiger partial charge in [0.2, 0.25) is 0 Å². The molecule has 0 radical (unpaired) electrons. The quantitative estimate of drug-likeness (QED) is 0.133. The molecule has 7 nitrogen and oxygen atoms in total. The molecule has 0 N–H and O–H groups in total. The average molecular weight is 474 g/mol. The molecule has 2 unspecified atom stereocenters. The number of nitro benzene ring substituents is 1. The fourth-order valence-corrected chi connectivity index (χ4v) is 7.78. The Balaban J connectivity index is 0.000000414. The summed E-state index contributed by atoms with van der Waals surface area (Å²) < 4.78 is 14.7. The van der Waals surface area contributed by atoms with Crippen LogP contribution in [0.2, 0.25) is 0 Å².